The van der Waals surface area contributed by atoms with Crippen molar-refractivity contribution in [2.75, 3.05) is 12.3 Å². The van der Waals surface area contributed by atoms with Crippen molar-refractivity contribution in [3.8, 4) is 22.9 Å². The number of sulfonamides is 1. The van der Waals surface area contributed by atoms with Gasteiger partial charge in [0.2, 0.25) is 5.88 Å². The maximum Gasteiger partial charge on any atom is 0.281 e. The average Bonchev–Trinajstić information content (AvgIpc) is 2.85. The van der Waals surface area contributed by atoms with E-state index in [2.05, 4.69) is 32.6 Å². The molecule has 12 heteroatoms. The molecule has 1 atom stereocenters. The summed E-state index contributed by atoms with van der Waals surface area (Å²) in [6.45, 7) is 6.27. The van der Waals surface area contributed by atoms with Gasteiger partial charge in [-0.2, -0.15) is 8.42 Å². The fourth-order valence-corrected chi connectivity index (χ4v) is 5.76. The summed E-state index contributed by atoms with van der Waals surface area (Å²) in [4.78, 5) is 21.5. The van der Waals surface area contributed by atoms with E-state index < -0.39 is 26.8 Å². The molecule has 1 aliphatic carbocycles. The van der Waals surface area contributed by atoms with Crippen molar-refractivity contribution in [2.24, 2.45) is 5.92 Å². The second-order valence-corrected chi connectivity index (χ2v) is 13.7. The molecule has 2 aromatic heterocycles. The monoisotopic (exact) mass is 668 g/mol. The first-order valence-corrected chi connectivity index (χ1v) is 15.0. The molecule has 1 aliphatic rings. The van der Waals surface area contributed by atoms with Gasteiger partial charge in [0.1, 0.15) is 29.1 Å². The molecule has 1 fully saturated rings. The Kier molecular flexibility index (Phi) is 8.64. The number of nitrogens with one attached hydrogen (secondary N) is 1. The lowest BCUT2D eigenvalue weighted by Gasteiger charge is -2.41. The SMILES string of the molecule is CC(C)COc1cc(F)cc(-c2ccc(C(=O)NS(=O)(=O)c3cccc(N)n3)c(OC(C)C3(I)CCC3)n2)c1. The molecule has 1 amide bonds. The van der Waals surface area contributed by atoms with Gasteiger partial charge in [-0.1, -0.05) is 48.9 Å². The summed E-state index contributed by atoms with van der Waals surface area (Å²) in [5, 5.41) is -0.398. The van der Waals surface area contributed by atoms with Crippen LogP contribution in [0, 0.1) is 11.7 Å². The van der Waals surface area contributed by atoms with Crippen LogP contribution in [0.4, 0.5) is 10.2 Å². The summed E-state index contributed by atoms with van der Waals surface area (Å²) in [7, 11) is -4.33. The lowest BCUT2D eigenvalue weighted by molar-refractivity contribution is 0.0961. The smallest absolute Gasteiger partial charge is 0.281 e. The van der Waals surface area contributed by atoms with Gasteiger partial charge in [-0.05, 0) is 62.1 Å². The largest absolute Gasteiger partial charge is 0.493 e. The van der Waals surface area contributed by atoms with Crippen LogP contribution in [0.3, 0.4) is 0 Å². The van der Waals surface area contributed by atoms with Crippen LogP contribution in [0.25, 0.3) is 11.3 Å². The number of pyridine rings is 2. The van der Waals surface area contributed by atoms with Crippen molar-refractivity contribution in [1.82, 2.24) is 14.7 Å². The average molecular weight is 669 g/mol. The highest BCUT2D eigenvalue weighted by atomic mass is 127. The molecule has 0 aliphatic heterocycles. The third-order valence-corrected chi connectivity index (χ3v) is 9.49. The summed E-state index contributed by atoms with van der Waals surface area (Å²) in [5.74, 6) is -0.928. The zero-order valence-corrected chi connectivity index (χ0v) is 24.8. The number of amides is 1. The second kappa shape index (κ2) is 11.6. The van der Waals surface area contributed by atoms with Gasteiger partial charge >= 0.3 is 0 Å². The molecule has 4 rings (SSSR count). The number of anilines is 1. The standard InChI is InChI=1S/C27H30FIN4O5S/c1-16(2)15-37-20-13-18(12-19(28)14-20)22-9-8-21(26(31-22)38-17(3)27(29)10-5-11-27)25(34)33-39(35,36)24-7-4-6-23(30)32-24/h4,6-9,12-14,16-17H,5,10-11,15H2,1-3H3,(H2,30,32)(H,33,34). The number of rotatable bonds is 10. The van der Waals surface area contributed by atoms with Gasteiger partial charge in [0, 0.05) is 11.6 Å². The van der Waals surface area contributed by atoms with Gasteiger partial charge in [-0.25, -0.2) is 19.1 Å². The van der Waals surface area contributed by atoms with Gasteiger partial charge in [0.15, 0.2) is 5.03 Å². The van der Waals surface area contributed by atoms with Crippen molar-refractivity contribution in [3.63, 3.8) is 0 Å². The Morgan fingerprint density at radius 2 is 1.90 bits per heavy atom. The summed E-state index contributed by atoms with van der Waals surface area (Å²) in [6, 6.07) is 11.2. The van der Waals surface area contributed by atoms with E-state index in [1.54, 1.807) is 6.07 Å². The summed E-state index contributed by atoms with van der Waals surface area (Å²) >= 11 is 2.35. The topological polar surface area (TPSA) is 134 Å². The second-order valence-electron chi connectivity index (χ2n) is 9.91. The molecule has 3 N–H and O–H groups in total. The fraction of sp³-hybridized carbons (Fsp3) is 0.370. The molecule has 0 bridgehead atoms. The minimum atomic E-state index is -4.33. The number of nitrogens with zero attached hydrogens (tertiary/aromatic N) is 2. The number of nitrogens with two attached hydrogens (primary N) is 1. The Bertz CT molecular complexity index is 1480. The molecule has 0 saturated heterocycles. The number of nitrogen functional groups attached to an aromatic ring is 1. The first kappa shape index (κ1) is 29.0. The van der Waals surface area contributed by atoms with Gasteiger partial charge in [0.25, 0.3) is 15.9 Å². The zero-order chi connectivity index (χ0) is 28.4. The van der Waals surface area contributed by atoms with E-state index in [9.17, 15) is 17.6 Å². The van der Waals surface area contributed by atoms with Crippen LogP contribution >= 0.6 is 22.6 Å². The molecule has 0 spiro atoms. The van der Waals surface area contributed by atoms with Crippen molar-refractivity contribution in [2.45, 2.75) is 54.6 Å². The van der Waals surface area contributed by atoms with E-state index in [-0.39, 0.29) is 32.7 Å². The quantitative estimate of drug-likeness (QED) is 0.224. The van der Waals surface area contributed by atoms with Crippen LogP contribution in [0.15, 0.2) is 53.6 Å². The van der Waals surface area contributed by atoms with Crippen LogP contribution < -0.4 is 19.9 Å². The van der Waals surface area contributed by atoms with Crippen LogP contribution in [0.2, 0.25) is 0 Å². The first-order chi connectivity index (χ1) is 18.4. The summed E-state index contributed by atoms with van der Waals surface area (Å²) in [6.07, 6.45) is 2.61. The molecule has 9 nitrogen and oxygen atoms in total. The van der Waals surface area contributed by atoms with Crippen LogP contribution in [0.1, 0.15) is 50.4 Å². The van der Waals surface area contributed by atoms with E-state index >= 15 is 0 Å². The number of carbonyl (C=O) groups is 1. The van der Waals surface area contributed by atoms with Crippen molar-refractivity contribution in [3.05, 3.63) is 59.9 Å². The Balaban J connectivity index is 1.69. The fourth-order valence-electron chi connectivity index (χ4n) is 3.92. The number of aromatic nitrogens is 2. The Labute approximate surface area is 240 Å². The number of halogens is 2. The van der Waals surface area contributed by atoms with E-state index in [0.29, 0.717) is 23.6 Å². The number of ether oxygens (including phenoxy) is 2. The highest BCUT2D eigenvalue weighted by Crippen LogP contribution is 2.45. The summed E-state index contributed by atoms with van der Waals surface area (Å²) in [5.41, 5.74) is 6.27. The predicted octanol–water partition coefficient (Wildman–Crippen LogP) is 5.14. The van der Waals surface area contributed by atoms with Crippen LogP contribution in [-0.2, 0) is 10.0 Å². The number of hydrogen-bond donors (Lipinski definition) is 2. The maximum absolute atomic E-state index is 14.5. The number of alkyl halides is 1. The molecule has 3 aromatic rings. The molecular formula is C27H30FIN4O5S. The zero-order valence-electron chi connectivity index (χ0n) is 21.8. The lowest BCUT2D eigenvalue weighted by atomic mass is 9.81. The molecular weight excluding hydrogens is 638 g/mol. The van der Waals surface area contributed by atoms with Crippen molar-refractivity contribution < 1.29 is 27.1 Å². The Morgan fingerprint density at radius 3 is 2.54 bits per heavy atom. The molecule has 2 heterocycles. The number of carbonyl (C=O) groups excluding carboxylic acids is 1. The van der Waals surface area contributed by atoms with E-state index in [4.69, 9.17) is 15.2 Å². The minimum Gasteiger partial charge on any atom is -0.493 e. The van der Waals surface area contributed by atoms with Gasteiger partial charge in [-0.3, -0.25) is 4.79 Å². The molecule has 208 valence electrons. The van der Waals surface area contributed by atoms with Gasteiger partial charge in [0.05, 0.1) is 15.7 Å². The summed E-state index contributed by atoms with van der Waals surface area (Å²) < 4.78 is 53.8. The molecule has 1 saturated carbocycles. The minimum absolute atomic E-state index is 0.00568. The van der Waals surface area contributed by atoms with Crippen molar-refractivity contribution >= 4 is 44.3 Å². The molecule has 39 heavy (non-hydrogen) atoms. The van der Waals surface area contributed by atoms with Crippen molar-refractivity contribution in [1.29, 1.82) is 0 Å². The Morgan fingerprint density at radius 1 is 1.15 bits per heavy atom. The maximum atomic E-state index is 14.5. The molecule has 0 radical (unpaired) electrons. The predicted molar refractivity (Wildman–Crippen MR) is 154 cm³/mol. The normalized spacial score (nSPS) is 15.3. The van der Waals surface area contributed by atoms with Gasteiger partial charge in [-0.15, -0.1) is 0 Å². The van der Waals surface area contributed by atoms with Gasteiger partial charge < -0.3 is 15.2 Å². The lowest BCUT2D eigenvalue weighted by Crippen LogP contribution is -2.44. The highest BCUT2D eigenvalue weighted by Gasteiger charge is 2.41. The van der Waals surface area contributed by atoms with E-state index in [0.717, 1.165) is 19.3 Å². The number of hydrogen-bond acceptors (Lipinski definition) is 8. The van der Waals surface area contributed by atoms with Crippen LogP contribution in [0.5, 0.6) is 11.6 Å². The third kappa shape index (κ3) is 6.96. The highest BCUT2D eigenvalue weighted by molar-refractivity contribution is 14.1. The Hall–Kier alpha value is -3.00. The van der Waals surface area contributed by atoms with E-state index in [1.165, 1.54) is 42.5 Å². The first-order valence-electron chi connectivity index (χ1n) is 12.5. The molecule has 1 aromatic carbocycles. The third-order valence-electron chi connectivity index (χ3n) is 6.30. The number of benzene rings is 1. The van der Waals surface area contributed by atoms with E-state index in [1.807, 2.05) is 25.5 Å². The molecule has 1 unspecified atom stereocenters. The van der Waals surface area contributed by atoms with Crippen LogP contribution in [-0.4, -0.2) is 40.4 Å².